The van der Waals surface area contributed by atoms with Gasteiger partial charge in [0.2, 0.25) is 0 Å². The molecule has 6 aliphatic rings. The van der Waals surface area contributed by atoms with E-state index >= 15 is 0 Å². The Morgan fingerprint density at radius 2 is 0.510 bits per heavy atom. The fourth-order valence-electron chi connectivity index (χ4n) is 17.7. The third kappa shape index (κ3) is 19.6. The van der Waals surface area contributed by atoms with Crippen LogP contribution in [0.1, 0.15) is 118 Å². The minimum absolute atomic E-state index is 0.00268. The topological polar surface area (TPSA) is 406 Å². The quantitative estimate of drug-likeness (QED) is 0.0489. The summed E-state index contributed by atoms with van der Waals surface area (Å²) in [5, 5.41) is 0. The van der Waals surface area contributed by atoms with Gasteiger partial charge in [0, 0.05) is 114 Å². The summed E-state index contributed by atoms with van der Waals surface area (Å²) in [5.74, 6) is -10.6. The fourth-order valence-corrected chi connectivity index (χ4v) is 17.7. The van der Waals surface area contributed by atoms with Crippen molar-refractivity contribution in [3.63, 3.8) is 0 Å². The van der Waals surface area contributed by atoms with Gasteiger partial charge >= 0.3 is 0 Å². The van der Waals surface area contributed by atoms with Crippen molar-refractivity contribution in [3.05, 3.63) is 394 Å². The second kappa shape index (κ2) is 41.6. The molecule has 6 unspecified atom stereocenters. The number of aliphatic imine (C=N–C) groups is 6. The zero-order valence-electron chi connectivity index (χ0n) is 82.3. The highest BCUT2D eigenvalue weighted by Crippen LogP contribution is 2.49. The first-order chi connectivity index (χ1) is 69.3. The van der Waals surface area contributed by atoms with Crippen LogP contribution >= 0.6 is 0 Å². The average molecular weight is 2030 g/mol. The number of ether oxygens (including phenoxy) is 3. The number of methoxy groups -OCH3 is 3. The summed E-state index contributed by atoms with van der Waals surface area (Å²) in [7, 11) is 13.4. The number of pyridine rings is 2. The van der Waals surface area contributed by atoms with Crippen LogP contribution in [-0.2, 0) is 68.4 Å². The molecule has 12 aromatic rings. The second-order valence-corrected chi connectivity index (χ2v) is 35.1. The van der Waals surface area contributed by atoms with E-state index in [1.807, 2.05) is 26.8 Å². The van der Waals surface area contributed by atoms with Crippen LogP contribution in [-0.4, -0.2) is 174 Å². The molecular formula is C106H100F12N20O9. The minimum Gasteiger partial charge on any atom is -0.496 e. The molecule has 18 rings (SSSR count). The van der Waals surface area contributed by atoms with Gasteiger partial charge in [-0.25, -0.2) is 82.6 Å². The highest BCUT2D eigenvalue weighted by atomic mass is 19.2. The number of carbonyl (C=O) groups excluding carboxylic acids is 6. The van der Waals surface area contributed by atoms with Gasteiger partial charge in [0.05, 0.1) is 21.3 Å². The number of nitrogens with two attached hydrogens (primary N) is 6. The number of benzene rings is 10. The molecule has 0 fully saturated rings. The molecule has 29 nitrogen and oxygen atoms in total. The lowest BCUT2D eigenvalue weighted by atomic mass is 9.81. The van der Waals surface area contributed by atoms with E-state index < -0.39 is 138 Å². The first kappa shape index (κ1) is 107. The molecule has 6 amide bonds. The smallest absolute Gasteiger partial charge is 0.266 e. The van der Waals surface area contributed by atoms with Crippen LogP contribution in [0.2, 0.25) is 0 Å². The van der Waals surface area contributed by atoms with E-state index in [1.54, 1.807) is 119 Å². The number of guanidine groups is 6. The molecule has 2 aromatic heterocycles. The Hall–Kier alpha value is -17.3. The standard InChI is InChI=1S/C19H19F2N3O2.2C18H17F2N3O2.C18H17F2N3O.C17H16F2N4O.C16H14F2N4O/c1-10-8-13(15(21)9-14(10)20)19(17(25)24(3)18(22)23-19)12-5-6-16(26-4)11(2)7-12;2*1-10-6-11(4-5-15(10)25-3)18(16(24)23(2)17(21)22-18)12-7-13(19)9-14(20)8-12;1-10-4-5-12(6-11(10)2)18(16(24)23(3)17(21)22-18)13-7-14(19)9-15(20)8-13;1-3-14-5-4-10(9-21-14)17(15(24)23(2)16(20)22-17)11-6-12(18)8-13(19)7-11;1-9-5-10(3-4-20-9)16(14(23)22(2)15(19)21-16)11-6-12(17)8-13(18)7-11/h5-9H,1-4H3,(H2,22,23);2*4-9H,1-3H3,(H2,21,22);4-9H,1-3H3,(H2,21,22);4-9H,3H2,1-2H3,(H2,20,22);3-8H,1-2H3,(H2,19,21). The predicted molar refractivity (Wildman–Crippen MR) is 526 cm³/mol. The Kier molecular flexibility index (Phi) is 30.3. The summed E-state index contributed by atoms with van der Waals surface area (Å²) in [6.45, 7) is 14.4. The Bertz CT molecular complexity index is 7290. The zero-order valence-corrected chi connectivity index (χ0v) is 82.3. The molecule has 0 saturated carbocycles. The Labute approximate surface area is 836 Å². The average Bonchev–Trinajstić information content (AvgIpc) is 1.61. The van der Waals surface area contributed by atoms with E-state index in [2.05, 4.69) is 39.9 Å². The summed E-state index contributed by atoms with van der Waals surface area (Å²) in [4.78, 5) is 119. The van der Waals surface area contributed by atoms with Gasteiger partial charge in [-0.1, -0.05) is 49.4 Å². The molecule has 12 N–H and O–H groups in total. The summed E-state index contributed by atoms with van der Waals surface area (Å²) in [6, 6.07) is 43.9. The largest absolute Gasteiger partial charge is 0.496 e. The van der Waals surface area contributed by atoms with Crippen LogP contribution < -0.4 is 48.6 Å². The van der Waals surface area contributed by atoms with Crippen molar-refractivity contribution in [1.29, 1.82) is 0 Å². The lowest BCUT2D eigenvalue weighted by Crippen LogP contribution is -2.41. The fraction of sp³-hybridized carbons (Fsp3) is 0.226. The van der Waals surface area contributed by atoms with Crippen molar-refractivity contribution in [1.82, 2.24) is 39.4 Å². The molecule has 0 aliphatic carbocycles. The highest BCUT2D eigenvalue weighted by molar-refractivity contribution is 6.13. The van der Waals surface area contributed by atoms with E-state index in [0.717, 1.165) is 147 Å². The molecular weight excluding hydrogens is 1930 g/mol. The maximum atomic E-state index is 14.7. The van der Waals surface area contributed by atoms with Crippen LogP contribution in [0.3, 0.4) is 0 Å². The third-order valence-corrected chi connectivity index (χ3v) is 25.8. The van der Waals surface area contributed by atoms with E-state index in [4.69, 9.17) is 48.6 Å². The monoisotopic (exact) mass is 2020 g/mol. The molecule has 0 bridgehead atoms. The summed E-state index contributed by atoms with van der Waals surface area (Å²) in [5.41, 5.74) is 34.1. The van der Waals surface area contributed by atoms with Gasteiger partial charge < -0.3 is 48.6 Å². The van der Waals surface area contributed by atoms with Gasteiger partial charge in [-0.2, -0.15) is 0 Å². The van der Waals surface area contributed by atoms with E-state index in [0.29, 0.717) is 56.3 Å². The van der Waals surface area contributed by atoms with Gasteiger partial charge in [0.15, 0.2) is 69.0 Å². The summed E-state index contributed by atoms with van der Waals surface area (Å²) >= 11 is 0. The van der Waals surface area contributed by atoms with Crippen LogP contribution in [0.5, 0.6) is 17.2 Å². The highest BCUT2D eigenvalue weighted by Gasteiger charge is 2.57. The first-order valence-corrected chi connectivity index (χ1v) is 44.8. The number of nitrogens with zero attached hydrogens (tertiary/aromatic N) is 14. The van der Waals surface area contributed by atoms with Gasteiger partial charge in [-0.15, -0.1) is 0 Å². The zero-order chi connectivity index (χ0) is 108. The molecule has 41 heteroatoms. The predicted octanol–water partition coefficient (Wildman–Crippen LogP) is 13.5. The minimum atomic E-state index is -1.71. The van der Waals surface area contributed by atoms with Gasteiger partial charge in [0.25, 0.3) is 35.4 Å². The van der Waals surface area contributed by atoms with Crippen LogP contribution in [0.25, 0.3) is 0 Å². The number of carbonyl (C=O) groups is 6. The molecule has 0 spiro atoms. The molecule has 8 heterocycles. The van der Waals surface area contributed by atoms with Crippen molar-refractivity contribution in [2.24, 2.45) is 64.4 Å². The van der Waals surface area contributed by atoms with E-state index in [1.165, 1.54) is 109 Å². The number of halogens is 12. The van der Waals surface area contributed by atoms with Crippen molar-refractivity contribution < 1.29 is 95.7 Å². The molecule has 0 saturated heterocycles. The van der Waals surface area contributed by atoms with Gasteiger partial charge in [-0.05, 0) is 265 Å². The molecule has 6 aliphatic heterocycles. The molecule has 147 heavy (non-hydrogen) atoms. The van der Waals surface area contributed by atoms with E-state index in [9.17, 15) is 81.5 Å². The normalized spacial score (nSPS) is 20.2. The lowest BCUT2D eigenvalue weighted by molar-refractivity contribution is -0.130. The van der Waals surface area contributed by atoms with Gasteiger partial charge in [0.1, 0.15) is 87.1 Å². The number of amides is 6. The first-order valence-electron chi connectivity index (χ1n) is 44.8. The van der Waals surface area contributed by atoms with Crippen LogP contribution in [0.15, 0.2) is 243 Å². The van der Waals surface area contributed by atoms with E-state index in [-0.39, 0.29) is 74.7 Å². The Balaban J connectivity index is 0.000000147. The summed E-state index contributed by atoms with van der Waals surface area (Å²) in [6.07, 6.45) is 3.73. The number of hydrogen-bond acceptors (Lipinski definition) is 23. The second-order valence-electron chi connectivity index (χ2n) is 35.1. The SMILES string of the molecule is CCc1ccc(C2(c3cc(F)cc(F)c3)N=C(N)N(C)C2=O)cn1.COc1ccc(C2(c3cc(C)c(F)cc3F)N=C(N)N(C)C2=O)cc1C.COc1ccc(C2(c3cc(F)cc(F)c3)N=C(N)N(C)C2=O)cc1C.COc1ccc(C2(c3cc(F)cc(F)c3)N=C(N)N(C)C2=O)cc1C.Cc1cc(C2(c3cc(F)cc(F)c3)N=C(N)N(C)C2=O)ccn1.Cc1ccc(C2(c3cc(F)cc(F)c3)N=C(N)N(C)C2=O)cc1C. The lowest BCUT2D eigenvalue weighted by Gasteiger charge is -2.27. The van der Waals surface area contributed by atoms with Crippen molar-refractivity contribution in [3.8, 4) is 17.2 Å². The number of aromatic nitrogens is 2. The molecule has 6 atom stereocenters. The van der Waals surface area contributed by atoms with Crippen LogP contribution in [0, 0.1) is 118 Å². The molecule has 762 valence electrons. The maximum Gasteiger partial charge on any atom is 0.266 e. The molecule has 10 aromatic carbocycles. The van der Waals surface area contributed by atoms with Gasteiger partial charge in [-0.3, -0.25) is 68.1 Å². The number of hydrogen-bond donors (Lipinski definition) is 6. The number of likely N-dealkylation sites (N-methyl/N-ethyl adjacent to an activating group) is 6. The van der Waals surface area contributed by atoms with Crippen LogP contribution in [0.4, 0.5) is 52.7 Å². The maximum absolute atomic E-state index is 14.7. The number of rotatable bonds is 16. The van der Waals surface area contributed by atoms with Crippen molar-refractivity contribution >= 4 is 71.2 Å². The number of aryl methyl sites for hydroxylation is 8. The van der Waals surface area contributed by atoms with Crippen molar-refractivity contribution in [2.45, 2.75) is 95.0 Å². The van der Waals surface area contributed by atoms with Crippen molar-refractivity contribution in [2.75, 3.05) is 63.6 Å². The third-order valence-electron chi connectivity index (χ3n) is 25.8. The Morgan fingerprint density at radius 1 is 0.259 bits per heavy atom. The Morgan fingerprint density at radius 3 is 0.748 bits per heavy atom. The molecule has 0 radical (unpaired) electrons. The summed E-state index contributed by atoms with van der Waals surface area (Å²) < 4.78 is 182.